The van der Waals surface area contributed by atoms with Gasteiger partial charge in [-0.25, -0.2) is 4.52 Å². The average Bonchev–Trinajstić information content (AvgIpc) is 3.36. The second-order valence-electron chi connectivity index (χ2n) is 8.50. The van der Waals surface area contributed by atoms with E-state index in [-0.39, 0.29) is 30.2 Å². The van der Waals surface area contributed by atoms with Gasteiger partial charge in [0.05, 0.1) is 24.9 Å². The summed E-state index contributed by atoms with van der Waals surface area (Å²) in [4.78, 5) is 4.40. The third-order valence-electron chi connectivity index (χ3n) is 5.59. The van der Waals surface area contributed by atoms with Gasteiger partial charge in [0, 0.05) is 24.6 Å². The zero-order chi connectivity index (χ0) is 20.6. The van der Waals surface area contributed by atoms with Crippen LogP contribution in [-0.2, 0) is 15.9 Å². The first-order chi connectivity index (χ1) is 13.8. The Morgan fingerprint density at radius 3 is 2.79 bits per heavy atom. The molecular formula is C20H29ClN4O4. The van der Waals surface area contributed by atoms with E-state index in [0.29, 0.717) is 18.9 Å². The topological polar surface area (TPSA) is 101 Å². The summed E-state index contributed by atoms with van der Waals surface area (Å²) < 4.78 is 13.5. The molecule has 160 valence electrons. The molecule has 0 amide bonds. The number of fused-ring (bicyclic) bond motifs is 1. The van der Waals surface area contributed by atoms with Crippen molar-refractivity contribution in [2.75, 3.05) is 11.9 Å². The molecule has 3 atom stereocenters. The molecule has 1 saturated carbocycles. The van der Waals surface area contributed by atoms with E-state index in [2.05, 4.69) is 15.4 Å². The number of ether oxygens (including phenoxy) is 2. The SMILES string of the molecule is CC(C)(O)O[C@@H]1C[C@@H](CO)O[C@@H]1Cc1ccc2c(NC3CCCC3)nc(Cl)nn12. The molecule has 9 heteroatoms. The second-order valence-corrected chi connectivity index (χ2v) is 8.84. The van der Waals surface area contributed by atoms with Gasteiger partial charge in [0.1, 0.15) is 5.52 Å². The average molecular weight is 425 g/mol. The molecule has 29 heavy (non-hydrogen) atoms. The van der Waals surface area contributed by atoms with Gasteiger partial charge in [-0.15, -0.1) is 5.10 Å². The Hall–Kier alpha value is -1.45. The zero-order valence-corrected chi connectivity index (χ0v) is 17.6. The number of aliphatic hydroxyl groups excluding tert-OH is 1. The fourth-order valence-electron chi connectivity index (χ4n) is 4.35. The van der Waals surface area contributed by atoms with Gasteiger partial charge < -0.3 is 25.0 Å². The van der Waals surface area contributed by atoms with Gasteiger partial charge >= 0.3 is 0 Å². The molecular weight excluding hydrogens is 396 g/mol. The number of nitrogens with zero attached hydrogens (tertiary/aromatic N) is 3. The Kier molecular flexibility index (Phi) is 5.99. The highest BCUT2D eigenvalue weighted by Crippen LogP contribution is 2.30. The molecule has 1 aliphatic carbocycles. The smallest absolute Gasteiger partial charge is 0.243 e. The van der Waals surface area contributed by atoms with Gasteiger partial charge in [0.15, 0.2) is 11.6 Å². The number of rotatable bonds is 7. The van der Waals surface area contributed by atoms with E-state index in [4.69, 9.17) is 21.1 Å². The molecule has 2 aromatic heterocycles. The quantitative estimate of drug-likeness (QED) is 0.587. The van der Waals surface area contributed by atoms with Crippen molar-refractivity contribution in [1.29, 1.82) is 0 Å². The predicted molar refractivity (Wildman–Crippen MR) is 109 cm³/mol. The Morgan fingerprint density at radius 2 is 2.10 bits per heavy atom. The van der Waals surface area contributed by atoms with Gasteiger partial charge in [-0.3, -0.25) is 0 Å². The van der Waals surface area contributed by atoms with Gasteiger partial charge in [-0.05, 0) is 50.4 Å². The lowest BCUT2D eigenvalue weighted by Crippen LogP contribution is -2.36. The van der Waals surface area contributed by atoms with Gasteiger partial charge in [-0.2, -0.15) is 4.98 Å². The molecule has 3 heterocycles. The van der Waals surface area contributed by atoms with Crippen molar-refractivity contribution in [3.05, 3.63) is 23.1 Å². The molecule has 0 aromatic carbocycles. The third kappa shape index (κ3) is 4.83. The molecule has 0 spiro atoms. The highest BCUT2D eigenvalue weighted by atomic mass is 35.5. The lowest BCUT2D eigenvalue weighted by atomic mass is 10.1. The predicted octanol–water partition coefficient (Wildman–Crippen LogP) is 2.54. The number of nitrogens with one attached hydrogen (secondary N) is 1. The monoisotopic (exact) mass is 424 g/mol. The molecule has 0 unspecified atom stereocenters. The maximum absolute atomic E-state index is 10.1. The van der Waals surface area contributed by atoms with Crippen molar-refractivity contribution in [1.82, 2.24) is 14.6 Å². The van der Waals surface area contributed by atoms with Crippen molar-refractivity contribution < 1.29 is 19.7 Å². The van der Waals surface area contributed by atoms with Crippen molar-refractivity contribution in [3.63, 3.8) is 0 Å². The summed E-state index contributed by atoms with van der Waals surface area (Å²) in [5.74, 6) is -0.533. The van der Waals surface area contributed by atoms with Gasteiger partial charge in [0.25, 0.3) is 0 Å². The van der Waals surface area contributed by atoms with Crippen LogP contribution in [0, 0.1) is 0 Å². The van der Waals surface area contributed by atoms with E-state index < -0.39 is 5.79 Å². The van der Waals surface area contributed by atoms with E-state index in [1.54, 1.807) is 18.4 Å². The Balaban J connectivity index is 1.58. The fourth-order valence-corrected chi connectivity index (χ4v) is 4.51. The summed E-state index contributed by atoms with van der Waals surface area (Å²) in [7, 11) is 0. The van der Waals surface area contributed by atoms with E-state index in [9.17, 15) is 10.2 Å². The van der Waals surface area contributed by atoms with E-state index in [1.807, 2.05) is 12.1 Å². The van der Waals surface area contributed by atoms with Crippen molar-refractivity contribution >= 4 is 22.9 Å². The number of hydrogen-bond donors (Lipinski definition) is 3. The van der Waals surface area contributed by atoms with Crippen LogP contribution in [0.1, 0.15) is 51.6 Å². The molecule has 0 radical (unpaired) electrons. The van der Waals surface area contributed by atoms with E-state index >= 15 is 0 Å². The van der Waals surface area contributed by atoms with Crippen LogP contribution in [0.3, 0.4) is 0 Å². The van der Waals surface area contributed by atoms with Crippen LogP contribution in [0.4, 0.5) is 5.82 Å². The largest absolute Gasteiger partial charge is 0.394 e. The first-order valence-electron chi connectivity index (χ1n) is 10.3. The summed E-state index contributed by atoms with van der Waals surface area (Å²) in [5, 5.41) is 27.7. The molecule has 2 aromatic rings. The number of hydrogen-bond acceptors (Lipinski definition) is 7. The molecule has 2 aliphatic rings. The highest BCUT2D eigenvalue weighted by molar-refractivity contribution is 6.28. The van der Waals surface area contributed by atoms with Crippen LogP contribution in [-0.4, -0.2) is 61.6 Å². The van der Waals surface area contributed by atoms with Gasteiger partial charge in [-0.1, -0.05) is 12.8 Å². The molecule has 1 saturated heterocycles. The van der Waals surface area contributed by atoms with Crippen molar-refractivity contribution in [2.45, 2.75) is 82.5 Å². The minimum absolute atomic E-state index is 0.0828. The molecule has 3 N–H and O–H groups in total. The Bertz CT molecular complexity index is 847. The van der Waals surface area contributed by atoms with Crippen LogP contribution in [0.15, 0.2) is 12.1 Å². The Labute approximate surface area is 175 Å². The maximum atomic E-state index is 10.1. The third-order valence-corrected chi connectivity index (χ3v) is 5.75. The number of aliphatic hydroxyl groups is 2. The van der Waals surface area contributed by atoms with E-state index in [0.717, 1.165) is 29.9 Å². The lowest BCUT2D eigenvalue weighted by Gasteiger charge is -2.26. The summed E-state index contributed by atoms with van der Waals surface area (Å²) in [5.41, 5.74) is 1.78. The van der Waals surface area contributed by atoms with Crippen LogP contribution < -0.4 is 5.32 Å². The first kappa shape index (κ1) is 20.8. The summed E-state index contributed by atoms with van der Waals surface area (Å²) in [6.45, 7) is 3.11. The van der Waals surface area contributed by atoms with Crippen LogP contribution >= 0.6 is 11.6 Å². The number of aromatic nitrogens is 3. The lowest BCUT2D eigenvalue weighted by molar-refractivity contribution is -0.214. The fraction of sp³-hybridized carbons (Fsp3) is 0.700. The number of anilines is 1. The standard InChI is InChI=1S/C20H29ClN4O4/c1-20(2,27)29-17-10-14(11-26)28-16(17)9-13-7-8-15-18(22-12-5-3-4-6-12)23-19(21)24-25(13)15/h7-8,12,14,16-17,26-27H,3-6,9-11H2,1-2H3,(H,22,23,24)/t14-,16+,17+/m0/s1. The number of halogens is 1. The van der Waals surface area contributed by atoms with E-state index in [1.165, 1.54) is 12.8 Å². The molecule has 2 fully saturated rings. The molecule has 8 nitrogen and oxygen atoms in total. The maximum Gasteiger partial charge on any atom is 0.243 e. The second kappa shape index (κ2) is 8.35. The summed E-state index contributed by atoms with van der Waals surface area (Å²) in [6.07, 6.45) is 4.82. The zero-order valence-electron chi connectivity index (χ0n) is 16.8. The van der Waals surface area contributed by atoms with Crippen LogP contribution in [0.25, 0.3) is 5.52 Å². The van der Waals surface area contributed by atoms with Crippen molar-refractivity contribution in [3.8, 4) is 0 Å². The van der Waals surface area contributed by atoms with Crippen LogP contribution in [0.5, 0.6) is 0 Å². The van der Waals surface area contributed by atoms with Crippen LogP contribution in [0.2, 0.25) is 5.28 Å². The Morgan fingerprint density at radius 1 is 1.34 bits per heavy atom. The first-order valence-corrected chi connectivity index (χ1v) is 10.7. The summed E-state index contributed by atoms with van der Waals surface area (Å²) in [6, 6.07) is 4.38. The van der Waals surface area contributed by atoms with Gasteiger partial charge in [0.2, 0.25) is 5.28 Å². The molecule has 0 bridgehead atoms. The minimum Gasteiger partial charge on any atom is -0.394 e. The molecule has 4 rings (SSSR count). The summed E-state index contributed by atoms with van der Waals surface area (Å²) >= 11 is 6.21. The molecule has 1 aliphatic heterocycles. The highest BCUT2D eigenvalue weighted by Gasteiger charge is 2.39. The minimum atomic E-state index is -1.28. The normalized spacial score (nSPS) is 25.9. The van der Waals surface area contributed by atoms with Crippen molar-refractivity contribution in [2.24, 2.45) is 0 Å².